The Kier molecular flexibility index (Phi) is 7.31. The standard InChI is InChI=1S/C23H31N3O2/c1-2-25-17-9-14-19-13-8-15-20-22(19)28-21(26(20)23(24)27)16-7-6-12-18-10-4-3-5-11-18/h3-5,8,10-11,13,15,21,25H,2,6-7,9,12,14,16-17H2,1H3,(H2,24,27). The summed E-state index contributed by atoms with van der Waals surface area (Å²) < 4.78 is 6.23. The van der Waals surface area contributed by atoms with Crippen molar-refractivity contribution in [2.75, 3.05) is 18.0 Å². The zero-order valence-corrected chi connectivity index (χ0v) is 16.7. The van der Waals surface area contributed by atoms with Crippen LogP contribution in [0.1, 0.15) is 43.7 Å². The minimum atomic E-state index is -0.448. The van der Waals surface area contributed by atoms with E-state index in [1.54, 1.807) is 4.90 Å². The minimum Gasteiger partial charge on any atom is -0.468 e. The SMILES string of the molecule is CCNCCCc1cccc2c1OC(CCCCc1ccccc1)N2C(N)=O. The monoisotopic (exact) mass is 381 g/mol. The summed E-state index contributed by atoms with van der Waals surface area (Å²) in [6.45, 7) is 4.06. The molecule has 150 valence electrons. The number of hydrogen-bond donors (Lipinski definition) is 2. The summed E-state index contributed by atoms with van der Waals surface area (Å²) in [5.74, 6) is 0.825. The number of anilines is 1. The van der Waals surface area contributed by atoms with Crippen molar-refractivity contribution < 1.29 is 9.53 Å². The van der Waals surface area contributed by atoms with Gasteiger partial charge in [-0.25, -0.2) is 4.79 Å². The third-order valence-electron chi connectivity index (χ3n) is 5.17. The summed E-state index contributed by atoms with van der Waals surface area (Å²) in [6, 6.07) is 16.0. The zero-order valence-electron chi connectivity index (χ0n) is 16.7. The van der Waals surface area contributed by atoms with E-state index in [0.717, 1.165) is 68.6 Å². The van der Waals surface area contributed by atoms with Gasteiger partial charge in [0.15, 0.2) is 6.23 Å². The van der Waals surface area contributed by atoms with E-state index >= 15 is 0 Å². The number of primary amides is 1. The molecule has 0 spiro atoms. The van der Waals surface area contributed by atoms with E-state index < -0.39 is 6.03 Å². The predicted octanol–water partition coefficient (Wildman–Crippen LogP) is 4.25. The highest BCUT2D eigenvalue weighted by atomic mass is 16.5. The van der Waals surface area contributed by atoms with Crippen molar-refractivity contribution in [3.05, 3.63) is 59.7 Å². The van der Waals surface area contributed by atoms with Crippen molar-refractivity contribution in [2.24, 2.45) is 5.73 Å². The molecule has 0 saturated carbocycles. The lowest BCUT2D eigenvalue weighted by atomic mass is 10.1. The minimum absolute atomic E-state index is 0.307. The van der Waals surface area contributed by atoms with E-state index in [1.807, 2.05) is 18.2 Å². The van der Waals surface area contributed by atoms with E-state index in [1.165, 1.54) is 5.56 Å². The van der Waals surface area contributed by atoms with Crippen molar-refractivity contribution in [1.29, 1.82) is 0 Å². The van der Waals surface area contributed by atoms with Crippen LogP contribution in [-0.2, 0) is 12.8 Å². The van der Waals surface area contributed by atoms with Crippen LogP contribution in [0.3, 0.4) is 0 Å². The third kappa shape index (κ3) is 5.04. The maximum atomic E-state index is 12.1. The van der Waals surface area contributed by atoms with Crippen LogP contribution in [0.2, 0.25) is 0 Å². The number of unbranched alkanes of at least 4 members (excludes halogenated alkanes) is 1. The number of benzene rings is 2. The lowest BCUT2D eigenvalue weighted by Gasteiger charge is -2.21. The van der Waals surface area contributed by atoms with Crippen molar-refractivity contribution in [3.8, 4) is 5.75 Å². The smallest absolute Gasteiger partial charge is 0.322 e. The Morgan fingerprint density at radius 1 is 1.07 bits per heavy atom. The van der Waals surface area contributed by atoms with Crippen LogP contribution >= 0.6 is 0 Å². The molecule has 0 fully saturated rings. The third-order valence-corrected chi connectivity index (χ3v) is 5.17. The second kappa shape index (κ2) is 10.1. The fourth-order valence-corrected chi connectivity index (χ4v) is 3.76. The van der Waals surface area contributed by atoms with Gasteiger partial charge in [-0.15, -0.1) is 0 Å². The molecule has 0 radical (unpaired) electrons. The van der Waals surface area contributed by atoms with Gasteiger partial charge in [-0.05, 0) is 62.4 Å². The number of para-hydroxylation sites is 1. The number of nitrogens with one attached hydrogen (secondary N) is 1. The summed E-state index contributed by atoms with van der Waals surface area (Å²) in [6.07, 6.45) is 5.50. The van der Waals surface area contributed by atoms with Crippen molar-refractivity contribution >= 4 is 11.7 Å². The molecule has 0 aromatic heterocycles. The van der Waals surface area contributed by atoms with E-state index in [-0.39, 0.29) is 6.23 Å². The molecule has 3 rings (SSSR count). The summed E-state index contributed by atoms with van der Waals surface area (Å²) in [5, 5.41) is 3.34. The quantitative estimate of drug-likeness (QED) is 0.605. The second-order valence-corrected chi connectivity index (χ2v) is 7.23. The molecule has 5 nitrogen and oxygen atoms in total. The number of carbonyl (C=O) groups excluding carboxylic acids is 1. The van der Waals surface area contributed by atoms with E-state index in [9.17, 15) is 4.79 Å². The molecule has 2 amide bonds. The van der Waals surface area contributed by atoms with E-state index in [2.05, 4.69) is 42.6 Å². The van der Waals surface area contributed by atoms with Crippen LogP contribution in [0.4, 0.5) is 10.5 Å². The molecule has 0 aliphatic carbocycles. The normalized spacial score (nSPS) is 15.3. The number of urea groups is 1. The van der Waals surface area contributed by atoms with Crippen LogP contribution in [0.25, 0.3) is 0 Å². The second-order valence-electron chi connectivity index (χ2n) is 7.23. The molecule has 1 unspecified atom stereocenters. The van der Waals surface area contributed by atoms with E-state index in [4.69, 9.17) is 10.5 Å². The van der Waals surface area contributed by atoms with E-state index in [0.29, 0.717) is 0 Å². The number of aryl methyl sites for hydroxylation is 2. The van der Waals surface area contributed by atoms with Crippen molar-refractivity contribution in [3.63, 3.8) is 0 Å². The molecule has 1 aliphatic rings. The number of rotatable bonds is 10. The van der Waals surface area contributed by atoms with Gasteiger partial charge in [-0.2, -0.15) is 0 Å². The molecule has 2 aromatic carbocycles. The number of fused-ring (bicyclic) bond motifs is 1. The lowest BCUT2D eigenvalue weighted by molar-refractivity contribution is 0.200. The fourth-order valence-electron chi connectivity index (χ4n) is 3.76. The lowest BCUT2D eigenvalue weighted by Crippen LogP contribution is -2.43. The summed E-state index contributed by atoms with van der Waals surface area (Å²) in [4.78, 5) is 13.7. The Morgan fingerprint density at radius 2 is 1.89 bits per heavy atom. The number of carbonyl (C=O) groups is 1. The predicted molar refractivity (Wildman–Crippen MR) is 114 cm³/mol. The van der Waals surface area contributed by atoms with Crippen LogP contribution < -0.4 is 20.7 Å². The zero-order chi connectivity index (χ0) is 19.8. The number of ether oxygens (including phenoxy) is 1. The molecule has 1 heterocycles. The maximum absolute atomic E-state index is 12.1. The largest absolute Gasteiger partial charge is 0.468 e. The Labute approximate surface area is 167 Å². The van der Waals surface area contributed by atoms with Gasteiger partial charge in [-0.3, -0.25) is 4.90 Å². The Morgan fingerprint density at radius 3 is 2.64 bits per heavy atom. The van der Waals surface area contributed by atoms with Gasteiger partial charge in [0.1, 0.15) is 5.75 Å². The number of amides is 2. The average Bonchev–Trinajstić information content (AvgIpc) is 3.09. The fraction of sp³-hybridized carbons (Fsp3) is 0.435. The first-order valence-electron chi connectivity index (χ1n) is 10.3. The Hall–Kier alpha value is -2.53. The Bertz CT molecular complexity index is 764. The Balaban J connectivity index is 1.60. The van der Waals surface area contributed by atoms with Crippen molar-refractivity contribution in [1.82, 2.24) is 5.32 Å². The van der Waals surface area contributed by atoms with Crippen LogP contribution in [0.15, 0.2) is 48.5 Å². The number of hydrogen-bond acceptors (Lipinski definition) is 3. The molecule has 0 saturated heterocycles. The molecule has 1 aliphatic heterocycles. The van der Waals surface area contributed by atoms with Gasteiger partial charge in [0.2, 0.25) is 0 Å². The number of nitrogens with zero attached hydrogens (tertiary/aromatic N) is 1. The highest BCUT2D eigenvalue weighted by Crippen LogP contribution is 2.41. The molecule has 0 bridgehead atoms. The molecule has 2 aromatic rings. The summed E-state index contributed by atoms with van der Waals surface area (Å²) in [5.41, 5.74) is 8.98. The first-order valence-corrected chi connectivity index (χ1v) is 10.3. The van der Waals surface area contributed by atoms with Gasteiger partial charge in [0, 0.05) is 6.42 Å². The van der Waals surface area contributed by atoms with Gasteiger partial charge >= 0.3 is 6.03 Å². The summed E-state index contributed by atoms with van der Waals surface area (Å²) >= 11 is 0. The summed E-state index contributed by atoms with van der Waals surface area (Å²) in [7, 11) is 0. The number of nitrogens with two attached hydrogens (primary N) is 1. The van der Waals surface area contributed by atoms with Crippen LogP contribution in [0, 0.1) is 0 Å². The molecule has 5 heteroatoms. The van der Waals surface area contributed by atoms with Crippen LogP contribution in [-0.4, -0.2) is 25.3 Å². The molecule has 3 N–H and O–H groups in total. The van der Waals surface area contributed by atoms with Gasteiger partial charge in [0.25, 0.3) is 0 Å². The molecular weight excluding hydrogens is 350 g/mol. The topological polar surface area (TPSA) is 67.6 Å². The maximum Gasteiger partial charge on any atom is 0.322 e. The first-order chi connectivity index (χ1) is 13.7. The molecule has 1 atom stereocenters. The van der Waals surface area contributed by atoms with Crippen LogP contribution in [0.5, 0.6) is 5.75 Å². The molecule has 28 heavy (non-hydrogen) atoms. The molecular formula is C23H31N3O2. The van der Waals surface area contributed by atoms with Gasteiger partial charge < -0.3 is 15.8 Å². The van der Waals surface area contributed by atoms with Gasteiger partial charge in [0.05, 0.1) is 5.69 Å². The highest BCUT2D eigenvalue weighted by molar-refractivity contribution is 5.94. The highest BCUT2D eigenvalue weighted by Gasteiger charge is 2.35. The first kappa shape index (κ1) is 20.2. The van der Waals surface area contributed by atoms with Crippen molar-refractivity contribution in [2.45, 2.75) is 51.7 Å². The van der Waals surface area contributed by atoms with Gasteiger partial charge in [-0.1, -0.05) is 49.4 Å². The average molecular weight is 382 g/mol.